The molecule has 1 unspecified atom stereocenters. The molecule has 0 aliphatic rings. The zero-order chi connectivity index (χ0) is 16.8. The molecule has 0 saturated carbocycles. The molecule has 0 aliphatic carbocycles. The van der Waals surface area contributed by atoms with Crippen LogP contribution in [-0.4, -0.2) is 34.0 Å². The number of aliphatic carboxylic acids is 1. The first kappa shape index (κ1) is 17.4. The summed E-state index contributed by atoms with van der Waals surface area (Å²) in [6, 6.07) is 10.8. The molecule has 2 aromatic rings. The molecule has 0 spiro atoms. The third-order valence-corrected chi connectivity index (χ3v) is 4.06. The SMILES string of the molecule is CC(C(=O)O)N(C)Cc1cc(Br)ccc1OCc1ccccn1. The number of halogens is 1. The predicted octanol–water partition coefficient (Wildman–Crippen LogP) is 3.33. The number of likely N-dealkylation sites (N-methyl/N-ethyl adjacent to an activating group) is 1. The highest BCUT2D eigenvalue weighted by atomic mass is 79.9. The minimum absolute atomic E-state index is 0.369. The van der Waals surface area contributed by atoms with Crippen molar-refractivity contribution < 1.29 is 14.6 Å². The first-order chi connectivity index (χ1) is 11.0. The van der Waals surface area contributed by atoms with E-state index in [0.29, 0.717) is 13.2 Å². The van der Waals surface area contributed by atoms with E-state index in [1.807, 2.05) is 36.4 Å². The summed E-state index contributed by atoms with van der Waals surface area (Å²) >= 11 is 3.45. The topological polar surface area (TPSA) is 62.7 Å². The largest absolute Gasteiger partial charge is 0.487 e. The van der Waals surface area contributed by atoms with Crippen LogP contribution in [0, 0.1) is 0 Å². The van der Waals surface area contributed by atoms with Gasteiger partial charge in [0.05, 0.1) is 5.69 Å². The van der Waals surface area contributed by atoms with Crippen LogP contribution < -0.4 is 4.74 Å². The van der Waals surface area contributed by atoms with Gasteiger partial charge in [-0.3, -0.25) is 14.7 Å². The summed E-state index contributed by atoms with van der Waals surface area (Å²) in [5, 5.41) is 9.12. The van der Waals surface area contributed by atoms with Crippen LogP contribution in [0.1, 0.15) is 18.2 Å². The van der Waals surface area contributed by atoms with Crippen molar-refractivity contribution >= 4 is 21.9 Å². The van der Waals surface area contributed by atoms with Gasteiger partial charge in [-0.05, 0) is 44.3 Å². The van der Waals surface area contributed by atoms with Crippen LogP contribution in [-0.2, 0) is 17.9 Å². The van der Waals surface area contributed by atoms with Crippen LogP contribution in [0.5, 0.6) is 5.75 Å². The fourth-order valence-electron chi connectivity index (χ4n) is 2.04. The first-order valence-corrected chi connectivity index (χ1v) is 8.01. The van der Waals surface area contributed by atoms with Crippen LogP contribution in [0.25, 0.3) is 0 Å². The molecule has 23 heavy (non-hydrogen) atoms. The summed E-state index contributed by atoms with van der Waals surface area (Å²) in [6.45, 7) is 2.51. The molecule has 0 aliphatic heterocycles. The van der Waals surface area contributed by atoms with Crippen molar-refractivity contribution in [2.75, 3.05) is 7.05 Å². The molecule has 0 fully saturated rings. The number of hydrogen-bond acceptors (Lipinski definition) is 4. The first-order valence-electron chi connectivity index (χ1n) is 7.21. The highest BCUT2D eigenvalue weighted by Gasteiger charge is 2.18. The second-order valence-electron chi connectivity index (χ2n) is 5.29. The van der Waals surface area contributed by atoms with E-state index >= 15 is 0 Å². The maximum atomic E-state index is 11.1. The molecule has 1 aromatic heterocycles. The molecule has 1 aromatic carbocycles. The zero-order valence-corrected chi connectivity index (χ0v) is 14.7. The van der Waals surface area contributed by atoms with E-state index in [4.69, 9.17) is 9.84 Å². The molecule has 1 atom stereocenters. The van der Waals surface area contributed by atoms with Crippen LogP contribution in [0.2, 0.25) is 0 Å². The van der Waals surface area contributed by atoms with E-state index < -0.39 is 12.0 Å². The van der Waals surface area contributed by atoms with Gasteiger partial charge >= 0.3 is 5.97 Å². The zero-order valence-electron chi connectivity index (χ0n) is 13.1. The molecule has 0 bridgehead atoms. The number of benzene rings is 1. The molecule has 0 saturated heterocycles. The van der Waals surface area contributed by atoms with Gasteiger partial charge in [0.2, 0.25) is 0 Å². The Labute approximate surface area is 144 Å². The molecule has 122 valence electrons. The Morgan fingerprint density at radius 2 is 2.17 bits per heavy atom. The van der Waals surface area contributed by atoms with Crippen molar-refractivity contribution in [2.24, 2.45) is 0 Å². The fraction of sp³-hybridized carbons (Fsp3) is 0.294. The van der Waals surface area contributed by atoms with Crippen molar-refractivity contribution in [1.29, 1.82) is 0 Å². The van der Waals surface area contributed by atoms with Crippen molar-refractivity contribution in [2.45, 2.75) is 26.1 Å². The molecule has 0 radical (unpaired) electrons. The van der Waals surface area contributed by atoms with Crippen molar-refractivity contribution in [1.82, 2.24) is 9.88 Å². The van der Waals surface area contributed by atoms with E-state index in [9.17, 15) is 4.79 Å². The van der Waals surface area contributed by atoms with Crippen LogP contribution >= 0.6 is 15.9 Å². The van der Waals surface area contributed by atoms with E-state index in [1.54, 1.807) is 25.1 Å². The Balaban J connectivity index is 2.12. The van der Waals surface area contributed by atoms with Crippen LogP contribution in [0.4, 0.5) is 0 Å². The van der Waals surface area contributed by atoms with E-state index in [0.717, 1.165) is 21.5 Å². The van der Waals surface area contributed by atoms with Gasteiger partial charge in [0.1, 0.15) is 18.4 Å². The van der Waals surface area contributed by atoms with Crippen LogP contribution in [0.3, 0.4) is 0 Å². The standard InChI is InChI=1S/C17H19BrN2O3/c1-12(17(21)22)20(2)10-13-9-14(18)6-7-16(13)23-11-15-5-3-4-8-19-15/h3-9,12H,10-11H2,1-2H3,(H,21,22). The summed E-state index contributed by atoms with van der Waals surface area (Å²) in [5.41, 5.74) is 1.76. The van der Waals surface area contributed by atoms with Crippen molar-refractivity contribution in [3.63, 3.8) is 0 Å². The Morgan fingerprint density at radius 1 is 1.39 bits per heavy atom. The minimum Gasteiger partial charge on any atom is -0.487 e. The maximum Gasteiger partial charge on any atom is 0.320 e. The number of pyridine rings is 1. The van der Waals surface area contributed by atoms with Gasteiger partial charge in [-0.15, -0.1) is 0 Å². The highest BCUT2D eigenvalue weighted by Crippen LogP contribution is 2.25. The van der Waals surface area contributed by atoms with Crippen molar-refractivity contribution in [3.05, 3.63) is 58.3 Å². The summed E-state index contributed by atoms with van der Waals surface area (Å²) in [7, 11) is 1.78. The number of hydrogen-bond donors (Lipinski definition) is 1. The third-order valence-electron chi connectivity index (χ3n) is 3.56. The lowest BCUT2D eigenvalue weighted by Gasteiger charge is -2.22. The van der Waals surface area contributed by atoms with Gasteiger partial charge in [-0.2, -0.15) is 0 Å². The average Bonchev–Trinajstić information content (AvgIpc) is 2.54. The van der Waals surface area contributed by atoms with E-state index in [-0.39, 0.29) is 0 Å². The van der Waals surface area contributed by atoms with E-state index in [2.05, 4.69) is 20.9 Å². The molecular formula is C17H19BrN2O3. The number of rotatable bonds is 7. The van der Waals surface area contributed by atoms with Gasteiger partial charge in [0, 0.05) is 22.8 Å². The average molecular weight is 379 g/mol. The molecule has 1 N–H and O–H groups in total. The lowest BCUT2D eigenvalue weighted by atomic mass is 10.1. The lowest BCUT2D eigenvalue weighted by molar-refractivity contribution is -0.142. The normalized spacial score (nSPS) is 12.2. The number of aromatic nitrogens is 1. The number of carbonyl (C=O) groups is 1. The van der Waals surface area contributed by atoms with Gasteiger partial charge in [-0.25, -0.2) is 0 Å². The Morgan fingerprint density at radius 3 is 2.83 bits per heavy atom. The molecule has 2 rings (SSSR count). The molecule has 0 amide bonds. The van der Waals surface area contributed by atoms with Gasteiger partial charge in [-0.1, -0.05) is 22.0 Å². The second-order valence-corrected chi connectivity index (χ2v) is 6.21. The number of ether oxygens (including phenoxy) is 1. The summed E-state index contributed by atoms with van der Waals surface area (Å²) in [4.78, 5) is 17.1. The lowest BCUT2D eigenvalue weighted by Crippen LogP contribution is -2.35. The highest BCUT2D eigenvalue weighted by molar-refractivity contribution is 9.10. The van der Waals surface area contributed by atoms with Gasteiger partial charge in [0.25, 0.3) is 0 Å². The quantitative estimate of drug-likeness (QED) is 0.800. The van der Waals surface area contributed by atoms with Gasteiger partial charge in [0.15, 0.2) is 0 Å². The monoisotopic (exact) mass is 378 g/mol. The number of carboxylic acids is 1. The predicted molar refractivity (Wildman–Crippen MR) is 91.3 cm³/mol. The fourth-order valence-corrected chi connectivity index (χ4v) is 2.45. The molecule has 1 heterocycles. The summed E-state index contributed by atoms with van der Waals surface area (Å²) in [5.74, 6) is -0.123. The minimum atomic E-state index is -0.849. The molecular weight excluding hydrogens is 360 g/mol. The second kappa shape index (κ2) is 8.08. The summed E-state index contributed by atoms with van der Waals surface area (Å²) < 4.78 is 6.79. The Kier molecular flexibility index (Phi) is 6.12. The molecule has 6 heteroatoms. The third kappa shape index (κ3) is 5.04. The smallest absolute Gasteiger partial charge is 0.320 e. The Bertz CT molecular complexity index is 664. The van der Waals surface area contributed by atoms with Crippen molar-refractivity contribution in [3.8, 4) is 5.75 Å². The Hall–Kier alpha value is -1.92. The van der Waals surface area contributed by atoms with E-state index in [1.165, 1.54) is 0 Å². The van der Waals surface area contributed by atoms with Gasteiger partial charge < -0.3 is 9.84 Å². The molecule has 5 nitrogen and oxygen atoms in total. The van der Waals surface area contributed by atoms with Crippen LogP contribution in [0.15, 0.2) is 47.1 Å². The summed E-state index contributed by atoms with van der Waals surface area (Å²) in [6.07, 6.45) is 1.73. The number of nitrogens with zero attached hydrogens (tertiary/aromatic N) is 2. The number of carboxylic acid groups (broad SMARTS) is 1. The maximum absolute atomic E-state index is 11.1.